The molecule has 1 amide bonds. The number of hydrogen-bond acceptors (Lipinski definition) is 6. The summed E-state index contributed by atoms with van der Waals surface area (Å²) in [5.74, 6) is 0.645. The molecule has 1 N–H and O–H groups in total. The minimum absolute atomic E-state index is 0.0727. The molecule has 25 heavy (non-hydrogen) atoms. The highest BCUT2D eigenvalue weighted by Crippen LogP contribution is 2.27. The summed E-state index contributed by atoms with van der Waals surface area (Å²) in [5, 5.41) is 13.4. The van der Waals surface area contributed by atoms with Crippen molar-refractivity contribution in [2.75, 3.05) is 11.1 Å². The van der Waals surface area contributed by atoms with Crippen molar-refractivity contribution in [1.82, 2.24) is 10.2 Å². The van der Waals surface area contributed by atoms with Crippen LogP contribution in [0.25, 0.3) is 10.8 Å². The number of anilines is 1. The first kappa shape index (κ1) is 17.7. The molecule has 3 aromatic rings. The van der Waals surface area contributed by atoms with Gasteiger partial charge < -0.3 is 9.73 Å². The predicted molar refractivity (Wildman–Crippen MR) is 102 cm³/mol. The molecular weight excluding hydrogens is 354 g/mol. The zero-order valence-electron chi connectivity index (χ0n) is 14.1. The zero-order chi connectivity index (χ0) is 17.6. The number of hydrogen-bond donors (Lipinski definition) is 1. The Kier molecular flexibility index (Phi) is 5.88. The van der Waals surface area contributed by atoms with Crippen LogP contribution in [0.2, 0.25) is 0 Å². The molecule has 2 heterocycles. The molecule has 0 saturated heterocycles. The maximum atomic E-state index is 12.3. The molecule has 3 rings (SSSR count). The number of para-hydroxylation sites is 1. The molecule has 5 nitrogen and oxygen atoms in total. The average molecular weight is 374 g/mol. The van der Waals surface area contributed by atoms with Gasteiger partial charge in [-0.25, -0.2) is 0 Å². The first-order chi connectivity index (χ1) is 12.2. The summed E-state index contributed by atoms with van der Waals surface area (Å²) >= 11 is 2.78. The number of benzene rings is 1. The Bertz CT molecular complexity index is 822. The van der Waals surface area contributed by atoms with Crippen LogP contribution < -0.4 is 5.32 Å². The quantitative estimate of drug-likeness (QED) is 0.610. The Morgan fingerprint density at radius 2 is 1.92 bits per heavy atom. The Morgan fingerprint density at radius 1 is 1.16 bits per heavy atom. The van der Waals surface area contributed by atoms with Crippen LogP contribution >= 0.6 is 23.1 Å². The molecule has 0 fully saturated rings. The average Bonchev–Trinajstić information content (AvgIpc) is 3.31. The third kappa shape index (κ3) is 4.29. The highest BCUT2D eigenvalue weighted by atomic mass is 32.2. The molecule has 1 aromatic carbocycles. The summed E-state index contributed by atoms with van der Waals surface area (Å²) in [7, 11) is 0. The number of carbonyl (C=O) groups excluding carboxylic acids is 1. The number of amides is 1. The summed E-state index contributed by atoms with van der Waals surface area (Å²) in [6.07, 6.45) is 1.76. The lowest BCUT2D eigenvalue weighted by molar-refractivity contribution is -0.113. The summed E-state index contributed by atoms with van der Waals surface area (Å²) in [6.45, 7) is 4.17. The van der Waals surface area contributed by atoms with Gasteiger partial charge in [0.1, 0.15) is 0 Å². The van der Waals surface area contributed by atoms with Crippen LogP contribution in [0.1, 0.15) is 25.0 Å². The van der Waals surface area contributed by atoms with Crippen molar-refractivity contribution in [2.24, 2.45) is 0 Å². The van der Waals surface area contributed by atoms with E-state index < -0.39 is 0 Å². The second-order valence-electron chi connectivity index (χ2n) is 5.35. The van der Waals surface area contributed by atoms with E-state index >= 15 is 0 Å². The molecule has 0 bridgehead atoms. The van der Waals surface area contributed by atoms with E-state index in [4.69, 9.17) is 4.42 Å². The molecule has 0 aliphatic carbocycles. The molecule has 130 valence electrons. The van der Waals surface area contributed by atoms with Gasteiger partial charge in [0.2, 0.25) is 5.91 Å². The van der Waals surface area contributed by atoms with Gasteiger partial charge in [0.25, 0.3) is 11.1 Å². The Morgan fingerprint density at radius 3 is 2.56 bits per heavy atom. The van der Waals surface area contributed by atoms with Crippen molar-refractivity contribution in [2.45, 2.75) is 31.9 Å². The SMILES string of the molecule is CCc1cccc(CC)c1NC(=O)CSc1nnc(-c2cccs2)o1. The van der Waals surface area contributed by atoms with Gasteiger partial charge in [-0.1, -0.05) is 49.9 Å². The first-order valence-corrected chi connectivity index (χ1v) is 9.98. The van der Waals surface area contributed by atoms with E-state index in [0.717, 1.165) is 34.5 Å². The molecule has 7 heteroatoms. The van der Waals surface area contributed by atoms with Gasteiger partial charge in [0.15, 0.2) is 0 Å². The maximum Gasteiger partial charge on any atom is 0.277 e. The molecular formula is C18H19N3O2S2. The van der Waals surface area contributed by atoms with E-state index in [1.54, 1.807) is 0 Å². The normalized spacial score (nSPS) is 10.8. The van der Waals surface area contributed by atoms with Crippen molar-refractivity contribution in [3.05, 3.63) is 46.8 Å². The molecule has 0 spiro atoms. The number of thiophene rings is 1. The molecule has 0 radical (unpaired) electrons. The van der Waals surface area contributed by atoms with Crippen molar-refractivity contribution in [3.63, 3.8) is 0 Å². The first-order valence-electron chi connectivity index (χ1n) is 8.12. The highest BCUT2D eigenvalue weighted by Gasteiger charge is 2.14. The van der Waals surface area contributed by atoms with Gasteiger partial charge in [-0.05, 0) is 35.4 Å². The highest BCUT2D eigenvalue weighted by molar-refractivity contribution is 7.99. The van der Waals surface area contributed by atoms with Gasteiger partial charge in [-0.2, -0.15) is 0 Å². The van der Waals surface area contributed by atoms with Crippen LogP contribution in [-0.2, 0) is 17.6 Å². The lowest BCUT2D eigenvalue weighted by Gasteiger charge is -2.13. The fraction of sp³-hybridized carbons (Fsp3) is 0.278. The van der Waals surface area contributed by atoms with Crippen LogP contribution in [0.5, 0.6) is 0 Å². The molecule has 0 aliphatic heterocycles. The van der Waals surface area contributed by atoms with Gasteiger partial charge >= 0.3 is 0 Å². The smallest absolute Gasteiger partial charge is 0.277 e. The van der Waals surface area contributed by atoms with Gasteiger partial charge in [-0.3, -0.25) is 4.79 Å². The third-order valence-corrected chi connectivity index (χ3v) is 5.40. The Balaban J connectivity index is 1.62. The lowest BCUT2D eigenvalue weighted by atomic mass is 10.0. The van der Waals surface area contributed by atoms with Crippen molar-refractivity contribution in [1.29, 1.82) is 0 Å². The monoisotopic (exact) mass is 373 g/mol. The maximum absolute atomic E-state index is 12.3. The van der Waals surface area contributed by atoms with E-state index in [2.05, 4.69) is 29.4 Å². The molecule has 2 aromatic heterocycles. The molecule has 0 saturated carbocycles. The summed E-state index contributed by atoms with van der Waals surface area (Å²) in [5.41, 5.74) is 3.23. The predicted octanol–water partition coefficient (Wildman–Crippen LogP) is 4.65. The van der Waals surface area contributed by atoms with E-state index in [-0.39, 0.29) is 11.7 Å². The van der Waals surface area contributed by atoms with Crippen LogP contribution in [-0.4, -0.2) is 21.9 Å². The van der Waals surface area contributed by atoms with Crippen LogP contribution in [0.15, 0.2) is 45.4 Å². The Labute approximate surface area is 154 Å². The number of nitrogens with one attached hydrogen (secondary N) is 1. The summed E-state index contributed by atoms with van der Waals surface area (Å²) in [6, 6.07) is 9.99. The van der Waals surface area contributed by atoms with Gasteiger partial charge in [-0.15, -0.1) is 21.5 Å². The topological polar surface area (TPSA) is 68.0 Å². The number of nitrogens with zero attached hydrogens (tertiary/aromatic N) is 2. The van der Waals surface area contributed by atoms with E-state index in [1.165, 1.54) is 23.1 Å². The zero-order valence-corrected chi connectivity index (χ0v) is 15.7. The fourth-order valence-electron chi connectivity index (χ4n) is 2.47. The second-order valence-corrected chi connectivity index (χ2v) is 7.22. The molecule has 0 aliphatic rings. The minimum Gasteiger partial charge on any atom is -0.410 e. The summed E-state index contributed by atoms with van der Waals surface area (Å²) in [4.78, 5) is 13.3. The van der Waals surface area contributed by atoms with E-state index in [1.807, 2.05) is 35.7 Å². The van der Waals surface area contributed by atoms with Gasteiger partial charge in [0, 0.05) is 5.69 Å². The van der Waals surface area contributed by atoms with Crippen molar-refractivity contribution in [3.8, 4) is 10.8 Å². The molecule has 0 atom stereocenters. The number of thioether (sulfide) groups is 1. The van der Waals surface area contributed by atoms with Crippen LogP contribution in [0, 0.1) is 0 Å². The largest absolute Gasteiger partial charge is 0.410 e. The summed E-state index contributed by atoms with van der Waals surface area (Å²) < 4.78 is 5.59. The van der Waals surface area contributed by atoms with Gasteiger partial charge in [0.05, 0.1) is 10.6 Å². The van der Waals surface area contributed by atoms with Crippen molar-refractivity contribution < 1.29 is 9.21 Å². The van der Waals surface area contributed by atoms with E-state index in [0.29, 0.717) is 11.1 Å². The fourth-order valence-corrected chi connectivity index (χ4v) is 3.68. The second kappa shape index (κ2) is 8.31. The number of carbonyl (C=O) groups is 1. The van der Waals surface area contributed by atoms with E-state index in [9.17, 15) is 4.79 Å². The minimum atomic E-state index is -0.0727. The third-order valence-electron chi connectivity index (χ3n) is 3.73. The number of aryl methyl sites for hydroxylation is 2. The number of rotatable bonds is 7. The standard InChI is InChI=1S/C18H19N3O2S2/c1-3-12-7-5-8-13(4-2)16(12)19-15(22)11-25-18-21-20-17(23-18)14-9-6-10-24-14/h5-10H,3-4,11H2,1-2H3,(H,19,22). The van der Waals surface area contributed by atoms with Crippen LogP contribution in [0.3, 0.4) is 0 Å². The molecule has 0 unspecified atom stereocenters. The number of aromatic nitrogens is 2. The van der Waals surface area contributed by atoms with Crippen molar-refractivity contribution >= 4 is 34.7 Å². The van der Waals surface area contributed by atoms with Crippen LogP contribution in [0.4, 0.5) is 5.69 Å². The lowest BCUT2D eigenvalue weighted by Crippen LogP contribution is -2.16. The Hall–Kier alpha value is -2.12.